The lowest BCUT2D eigenvalue weighted by Crippen LogP contribution is -2.33. The molecule has 0 spiro atoms. The largest absolute Gasteiger partial charge is 0.313 e. The van der Waals surface area contributed by atoms with Gasteiger partial charge in [0, 0.05) is 17.1 Å². The summed E-state index contributed by atoms with van der Waals surface area (Å²) in [5.41, 5.74) is 6.12. The predicted octanol–water partition coefficient (Wildman–Crippen LogP) is 3.91. The van der Waals surface area contributed by atoms with Crippen LogP contribution >= 0.6 is 11.3 Å². The van der Waals surface area contributed by atoms with Gasteiger partial charge in [0.05, 0.1) is 5.51 Å². The summed E-state index contributed by atoms with van der Waals surface area (Å²) in [6.07, 6.45) is 5.32. The van der Waals surface area contributed by atoms with Gasteiger partial charge in [-0.15, -0.1) is 11.3 Å². The molecule has 2 nitrogen and oxygen atoms in total. The number of hydrogen-bond donors (Lipinski definition) is 1. The van der Waals surface area contributed by atoms with Crippen LogP contribution in [0.5, 0.6) is 0 Å². The molecule has 0 aliphatic heterocycles. The van der Waals surface area contributed by atoms with Gasteiger partial charge in [0.2, 0.25) is 0 Å². The van der Waals surface area contributed by atoms with Crippen LogP contribution in [0.25, 0.3) is 0 Å². The summed E-state index contributed by atoms with van der Waals surface area (Å²) in [7, 11) is 0. The molecular weight excluding hydrogens is 264 g/mol. The highest BCUT2D eigenvalue weighted by atomic mass is 32.1. The second-order valence-electron chi connectivity index (χ2n) is 5.46. The number of nitrogens with one attached hydrogen (secondary N) is 1. The fourth-order valence-corrected chi connectivity index (χ4v) is 3.11. The van der Waals surface area contributed by atoms with E-state index >= 15 is 0 Å². The van der Waals surface area contributed by atoms with E-state index in [1.54, 1.807) is 11.3 Å². The molecule has 0 saturated heterocycles. The number of aryl methyl sites for hydroxylation is 2. The van der Waals surface area contributed by atoms with Crippen LogP contribution < -0.4 is 5.32 Å². The lowest BCUT2D eigenvalue weighted by molar-refractivity contribution is 0.506. The molecule has 0 amide bonds. The Morgan fingerprint density at radius 3 is 2.80 bits per heavy atom. The van der Waals surface area contributed by atoms with Crippen molar-refractivity contribution in [3.8, 4) is 0 Å². The van der Waals surface area contributed by atoms with E-state index in [-0.39, 0.29) is 0 Å². The Morgan fingerprint density at radius 2 is 2.10 bits per heavy atom. The van der Waals surface area contributed by atoms with E-state index in [0.717, 1.165) is 19.4 Å². The smallest absolute Gasteiger partial charge is 0.0794 e. The van der Waals surface area contributed by atoms with Crippen molar-refractivity contribution in [3.63, 3.8) is 0 Å². The molecule has 0 aliphatic rings. The van der Waals surface area contributed by atoms with E-state index in [0.29, 0.717) is 6.04 Å². The van der Waals surface area contributed by atoms with Crippen LogP contribution in [-0.2, 0) is 12.8 Å². The van der Waals surface area contributed by atoms with Crippen molar-refractivity contribution >= 4 is 11.3 Å². The molecule has 1 N–H and O–H groups in total. The molecule has 1 unspecified atom stereocenters. The van der Waals surface area contributed by atoms with Gasteiger partial charge in [-0.3, -0.25) is 4.98 Å². The summed E-state index contributed by atoms with van der Waals surface area (Å²) in [4.78, 5) is 5.55. The molecule has 0 aliphatic carbocycles. The lowest BCUT2D eigenvalue weighted by Gasteiger charge is -2.19. The van der Waals surface area contributed by atoms with Crippen molar-refractivity contribution < 1.29 is 0 Å². The Hall–Kier alpha value is -1.19. The third kappa shape index (κ3) is 4.43. The molecule has 1 heterocycles. The minimum absolute atomic E-state index is 0.496. The summed E-state index contributed by atoms with van der Waals surface area (Å²) in [6.45, 7) is 7.67. The van der Waals surface area contributed by atoms with E-state index in [1.807, 2.05) is 11.7 Å². The van der Waals surface area contributed by atoms with Crippen molar-refractivity contribution in [1.82, 2.24) is 10.3 Å². The van der Waals surface area contributed by atoms with Gasteiger partial charge >= 0.3 is 0 Å². The monoisotopic (exact) mass is 288 g/mol. The molecule has 1 aromatic heterocycles. The summed E-state index contributed by atoms with van der Waals surface area (Å²) < 4.78 is 0. The van der Waals surface area contributed by atoms with Crippen LogP contribution in [-0.4, -0.2) is 17.6 Å². The molecule has 20 heavy (non-hydrogen) atoms. The fraction of sp³-hybridized carbons (Fsp3) is 0.471. The minimum atomic E-state index is 0.496. The normalized spacial score (nSPS) is 12.6. The molecule has 0 fully saturated rings. The topological polar surface area (TPSA) is 24.9 Å². The third-order valence-electron chi connectivity index (χ3n) is 3.59. The summed E-state index contributed by atoms with van der Waals surface area (Å²) in [5, 5.41) is 3.68. The van der Waals surface area contributed by atoms with Gasteiger partial charge in [0.1, 0.15) is 0 Å². The lowest BCUT2D eigenvalue weighted by atomic mass is 9.97. The van der Waals surface area contributed by atoms with Crippen molar-refractivity contribution in [2.24, 2.45) is 0 Å². The number of thiazole rings is 1. The Balaban J connectivity index is 2.08. The van der Waals surface area contributed by atoms with Crippen LogP contribution in [0, 0.1) is 13.8 Å². The Labute approximate surface area is 126 Å². The average Bonchev–Trinajstić information content (AvgIpc) is 2.93. The van der Waals surface area contributed by atoms with Crippen molar-refractivity contribution in [2.75, 3.05) is 6.54 Å². The van der Waals surface area contributed by atoms with Crippen LogP contribution in [0.3, 0.4) is 0 Å². The SMILES string of the molecule is CCCNC(Cc1cncs1)Cc1cc(C)ccc1C. The van der Waals surface area contributed by atoms with E-state index in [4.69, 9.17) is 0 Å². The maximum Gasteiger partial charge on any atom is 0.0794 e. The highest BCUT2D eigenvalue weighted by molar-refractivity contribution is 7.09. The molecule has 2 aromatic rings. The van der Waals surface area contributed by atoms with Crippen LogP contribution in [0.15, 0.2) is 29.9 Å². The van der Waals surface area contributed by atoms with Crippen LogP contribution in [0.1, 0.15) is 34.9 Å². The maximum atomic E-state index is 4.18. The second kappa shape index (κ2) is 7.55. The Morgan fingerprint density at radius 1 is 1.25 bits per heavy atom. The third-order valence-corrected chi connectivity index (χ3v) is 4.39. The number of hydrogen-bond acceptors (Lipinski definition) is 3. The molecule has 2 rings (SSSR count). The van der Waals surface area contributed by atoms with E-state index < -0.39 is 0 Å². The number of rotatable bonds is 7. The second-order valence-corrected chi connectivity index (χ2v) is 6.43. The van der Waals surface area contributed by atoms with E-state index in [1.165, 1.54) is 28.0 Å². The van der Waals surface area contributed by atoms with Crippen molar-refractivity contribution in [1.29, 1.82) is 0 Å². The number of benzene rings is 1. The van der Waals surface area contributed by atoms with Gasteiger partial charge in [-0.25, -0.2) is 0 Å². The van der Waals surface area contributed by atoms with Gasteiger partial charge in [-0.05, 0) is 50.8 Å². The fourth-order valence-electron chi connectivity index (χ4n) is 2.44. The minimum Gasteiger partial charge on any atom is -0.313 e. The molecule has 108 valence electrons. The first-order valence-corrected chi connectivity index (χ1v) is 8.24. The zero-order valence-corrected chi connectivity index (χ0v) is 13.5. The quantitative estimate of drug-likeness (QED) is 0.835. The van der Waals surface area contributed by atoms with Crippen molar-refractivity contribution in [2.45, 2.75) is 46.1 Å². The molecule has 0 radical (unpaired) electrons. The van der Waals surface area contributed by atoms with Gasteiger partial charge in [-0.1, -0.05) is 30.7 Å². The van der Waals surface area contributed by atoms with E-state index in [9.17, 15) is 0 Å². The first-order chi connectivity index (χ1) is 9.69. The predicted molar refractivity (Wildman–Crippen MR) is 87.5 cm³/mol. The maximum absolute atomic E-state index is 4.18. The first kappa shape index (κ1) is 15.2. The molecule has 0 bridgehead atoms. The van der Waals surface area contributed by atoms with Gasteiger partial charge in [-0.2, -0.15) is 0 Å². The average molecular weight is 288 g/mol. The van der Waals surface area contributed by atoms with Crippen LogP contribution in [0.2, 0.25) is 0 Å². The van der Waals surface area contributed by atoms with Crippen LogP contribution in [0.4, 0.5) is 0 Å². The zero-order chi connectivity index (χ0) is 14.4. The van der Waals surface area contributed by atoms with E-state index in [2.05, 4.69) is 49.3 Å². The number of aromatic nitrogens is 1. The summed E-state index contributed by atoms with van der Waals surface area (Å²) in [5.74, 6) is 0. The first-order valence-electron chi connectivity index (χ1n) is 7.36. The van der Waals surface area contributed by atoms with Gasteiger partial charge in [0.25, 0.3) is 0 Å². The highest BCUT2D eigenvalue weighted by Crippen LogP contribution is 2.16. The number of nitrogens with zero attached hydrogens (tertiary/aromatic N) is 1. The zero-order valence-electron chi connectivity index (χ0n) is 12.6. The molecule has 1 aromatic carbocycles. The van der Waals surface area contributed by atoms with Gasteiger partial charge < -0.3 is 5.32 Å². The summed E-state index contributed by atoms with van der Waals surface area (Å²) in [6, 6.07) is 7.24. The molecular formula is C17H24N2S. The standard InChI is InChI=1S/C17H24N2S/c1-4-7-19-16(10-17-11-18-12-20-17)9-15-8-13(2)5-6-14(15)3/h5-6,8,11-12,16,19H,4,7,9-10H2,1-3H3. The van der Waals surface area contributed by atoms with Crippen molar-refractivity contribution in [3.05, 3.63) is 51.5 Å². The summed E-state index contributed by atoms with van der Waals surface area (Å²) >= 11 is 1.75. The Bertz CT molecular complexity index is 520. The Kier molecular flexibility index (Phi) is 5.74. The molecule has 1 atom stereocenters. The van der Waals surface area contributed by atoms with Gasteiger partial charge in [0.15, 0.2) is 0 Å². The molecule has 3 heteroatoms. The highest BCUT2D eigenvalue weighted by Gasteiger charge is 2.12. The molecule has 0 saturated carbocycles.